The van der Waals surface area contributed by atoms with Crippen molar-refractivity contribution in [1.29, 1.82) is 0 Å². The van der Waals surface area contributed by atoms with Crippen LogP contribution in [-0.4, -0.2) is 11.9 Å². The van der Waals surface area contributed by atoms with E-state index in [4.69, 9.17) is 9.47 Å². The van der Waals surface area contributed by atoms with E-state index in [1.54, 1.807) is 13.8 Å². The second-order valence-corrected chi connectivity index (χ2v) is 9.29. The van der Waals surface area contributed by atoms with Crippen molar-refractivity contribution in [1.82, 2.24) is 0 Å². The van der Waals surface area contributed by atoms with Gasteiger partial charge in [0, 0.05) is 29.5 Å². The molecule has 0 fully saturated rings. The van der Waals surface area contributed by atoms with Crippen LogP contribution in [0.2, 0.25) is 0 Å². The Morgan fingerprint density at radius 1 is 0.735 bits per heavy atom. The smallest absolute Gasteiger partial charge is 0.310 e. The molecule has 0 aliphatic rings. The summed E-state index contributed by atoms with van der Waals surface area (Å²) in [7, 11) is -0.00904. The molecule has 0 aromatic heterocycles. The van der Waals surface area contributed by atoms with Gasteiger partial charge in [-0.1, -0.05) is 64.1 Å². The minimum atomic E-state index is -0.346. The van der Waals surface area contributed by atoms with Crippen LogP contribution in [0.1, 0.15) is 63.1 Å². The lowest BCUT2D eigenvalue weighted by Crippen LogP contribution is -2.28. The second kappa shape index (κ2) is 11.2. The van der Waals surface area contributed by atoms with Gasteiger partial charge in [0.05, 0.1) is 0 Å². The molecular formula is C28H29O5P. The number of ether oxygens (including phenoxy) is 2. The highest BCUT2D eigenvalue weighted by atomic mass is 31.1. The van der Waals surface area contributed by atoms with Gasteiger partial charge in [0.1, 0.15) is 11.5 Å². The Labute approximate surface area is 202 Å². The number of rotatable bonds is 9. The maximum atomic E-state index is 11.7. The summed E-state index contributed by atoms with van der Waals surface area (Å²) in [5, 5.41) is 0.722. The molecule has 5 nitrogen and oxygen atoms in total. The van der Waals surface area contributed by atoms with Crippen LogP contribution in [0.15, 0.2) is 72.8 Å². The molecule has 0 radical (unpaired) electrons. The fourth-order valence-electron chi connectivity index (χ4n) is 4.01. The van der Waals surface area contributed by atoms with Gasteiger partial charge < -0.3 is 9.47 Å². The van der Waals surface area contributed by atoms with Crippen molar-refractivity contribution in [2.45, 2.75) is 51.9 Å². The van der Waals surface area contributed by atoms with Crippen LogP contribution in [0, 0.1) is 0 Å². The first kappa shape index (κ1) is 25.3. The minimum absolute atomic E-state index is 0.00904. The second-order valence-electron chi connectivity index (χ2n) is 8.59. The quantitative estimate of drug-likeness (QED) is 0.205. The molecule has 0 aliphatic carbocycles. The van der Waals surface area contributed by atoms with Gasteiger partial charge in [-0.05, 0) is 53.1 Å². The van der Waals surface area contributed by atoms with Gasteiger partial charge in [0.2, 0.25) is 0 Å². The molecule has 6 heteroatoms. The van der Waals surface area contributed by atoms with E-state index in [9.17, 15) is 14.2 Å². The van der Waals surface area contributed by atoms with Crippen molar-refractivity contribution in [2.24, 2.45) is 0 Å². The first-order valence-corrected chi connectivity index (χ1v) is 12.1. The number of benzene rings is 3. The van der Waals surface area contributed by atoms with Crippen molar-refractivity contribution < 1.29 is 23.6 Å². The molecule has 0 aliphatic heterocycles. The van der Waals surface area contributed by atoms with Crippen molar-refractivity contribution >= 4 is 25.7 Å². The first-order chi connectivity index (χ1) is 16.3. The monoisotopic (exact) mass is 476 g/mol. The normalized spacial score (nSPS) is 11.4. The zero-order valence-corrected chi connectivity index (χ0v) is 20.8. The third-order valence-corrected chi connectivity index (χ3v) is 6.41. The van der Waals surface area contributed by atoms with Crippen LogP contribution in [0.3, 0.4) is 0 Å². The van der Waals surface area contributed by atoms with Crippen LogP contribution in [0.4, 0.5) is 0 Å². The minimum Gasteiger partial charge on any atom is -0.427 e. The third kappa shape index (κ3) is 5.98. The molecule has 0 unspecified atom stereocenters. The molecule has 0 saturated heterocycles. The summed E-state index contributed by atoms with van der Waals surface area (Å²) in [6, 6.07) is 22.9. The van der Waals surface area contributed by atoms with E-state index in [0.29, 0.717) is 24.3 Å². The molecule has 34 heavy (non-hydrogen) atoms. The molecule has 0 spiro atoms. The van der Waals surface area contributed by atoms with E-state index in [1.165, 1.54) is 0 Å². The molecule has 3 aromatic rings. The van der Waals surface area contributed by atoms with Crippen molar-refractivity contribution in [2.75, 3.05) is 0 Å². The van der Waals surface area contributed by atoms with E-state index >= 15 is 0 Å². The van der Waals surface area contributed by atoms with Crippen molar-refractivity contribution in [3.05, 3.63) is 89.5 Å². The molecule has 0 bridgehead atoms. The van der Waals surface area contributed by atoms with Gasteiger partial charge in [-0.25, -0.2) is 0 Å². The predicted octanol–water partition coefficient (Wildman–Crippen LogP) is 6.34. The summed E-state index contributed by atoms with van der Waals surface area (Å²) in [6.45, 7) is 7.85. The number of esters is 2. The molecular weight excluding hydrogens is 447 g/mol. The lowest BCUT2D eigenvalue weighted by molar-refractivity contribution is -0.134. The fraction of sp³-hybridized carbons (Fsp3) is 0.286. The predicted molar refractivity (Wildman–Crippen MR) is 133 cm³/mol. The molecule has 0 atom stereocenters. The van der Waals surface area contributed by atoms with Crippen molar-refractivity contribution in [3.8, 4) is 11.5 Å². The summed E-state index contributed by atoms with van der Waals surface area (Å²) in [6.07, 6.45) is 0.621. The Bertz CT molecular complexity index is 1070. The molecule has 0 saturated carbocycles. The van der Waals surface area contributed by atoms with Crippen LogP contribution < -0.4 is 14.8 Å². The van der Waals surface area contributed by atoms with Crippen LogP contribution >= 0.6 is 8.46 Å². The van der Waals surface area contributed by atoms with Gasteiger partial charge in [0.15, 0.2) is 8.46 Å². The highest BCUT2D eigenvalue weighted by molar-refractivity contribution is 7.34. The SMILES string of the molecule is CCC(=O)Oc1ccc(C(c2ccc(OC(=O)CC)cc2)C(C)(C)c2ccc(P=O)cc2)cc1. The highest BCUT2D eigenvalue weighted by Crippen LogP contribution is 2.44. The average Bonchev–Trinajstić information content (AvgIpc) is 2.86. The summed E-state index contributed by atoms with van der Waals surface area (Å²) in [5.74, 6) is 0.398. The Hall–Kier alpha value is -3.30. The zero-order chi connectivity index (χ0) is 24.7. The maximum Gasteiger partial charge on any atom is 0.310 e. The van der Waals surface area contributed by atoms with E-state index < -0.39 is 0 Å². The largest absolute Gasteiger partial charge is 0.427 e. The molecule has 0 heterocycles. The third-order valence-electron chi connectivity index (χ3n) is 5.91. The summed E-state index contributed by atoms with van der Waals surface area (Å²) in [4.78, 5) is 23.3. The number of carbonyl (C=O) groups is 2. The van der Waals surface area contributed by atoms with Crippen molar-refractivity contribution in [3.63, 3.8) is 0 Å². The van der Waals surface area contributed by atoms with Crippen LogP contribution in [0.25, 0.3) is 0 Å². The topological polar surface area (TPSA) is 69.7 Å². The Morgan fingerprint density at radius 3 is 1.50 bits per heavy atom. The van der Waals surface area contributed by atoms with Gasteiger partial charge in [0.25, 0.3) is 0 Å². The standard InChI is InChI=1S/C28H29O5P/c1-5-25(29)32-22-13-7-19(8-14-22)27(20-9-15-23(16-10-20)33-26(30)6-2)28(3,4)21-11-17-24(34-31)18-12-21/h7-18,27H,5-6H2,1-4H3. The lowest BCUT2D eigenvalue weighted by atomic mass is 9.67. The first-order valence-electron chi connectivity index (χ1n) is 11.3. The average molecular weight is 477 g/mol. The molecule has 3 aromatic carbocycles. The Balaban J connectivity index is 2.03. The summed E-state index contributed by atoms with van der Waals surface area (Å²) >= 11 is 0. The van der Waals surface area contributed by atoms with Gasteiger partial charge in [-0.15, -0.1) is 0 Å². The summed E-state index contributed by atoms with van der Waals surface area (Å²) < 4.78 is 21.9. The van der Waals surface area contributed by atoms with E-state index in [2.05, 4.69) is 13.8 Å². The highest BCUT2D eigenvalue weighted by Gasteiger charge is 2.34. The lowest BCUT2D eigenvalue weighted by Gasteiger charge is -2.36. The van der Waals surface area contributed by atoms with Gasteiger partial charge in [-0.3, -0.25) is 14.2 Å². The van der Waals surface area contributed by atoms with Gasteiger partial charge >= 0.3 is 11.9 Å². The number of carbonyl (C=O) groups excluding carboxylic acids is 2. The zero-order valence-electron chi connectivity index (χ0n) is 19.9. The molecule has 0 N–H and O–H groups in total. The molecule has 3 rings (SSSR count). The van der Waals surface area contributed by atoms with E-state index in [0.717, 1.165) is 22.0 Å². The number of hydrogen-bond donors (Lipinski definition) is 0. The Morgan fingerprint density at radius 2 is 1.15 bits per heavy atom. The maximum absolute atomic E-state index is 11.7. The van der Waals surface area contributed by atoms with Crippen LogP contribution in [0.5, 0.6) is 11.5 Å². The fourth-order valence-corrected chi connectivity index (χ4v) is 4.28. The van der Waals surface area contributed by atoms with Gasteiger partial charge in [-0.2, -0.15) is 0 Å². The molecule has 176 valence electrons. The van der Waals surface area contributed by atoms with E-state index in [-0.39, 0.29) is 31.7 Å². The van der Waals surface area contributed by atoms with Crippen LogP contribution in [-0.2, 0) is 19.6 Å². The summed E-state index contributed by atoms with van der Waals surface area (Å²) in [5.41, 5.74) is 2.84. The molecule has 0 amide bonds. The number of hydrogen-bond acceptors (Lipinski definition) is 5. The van der Waals surface area contributed by atoms with E-state index in [1.807, 2.05) is 72.8 Å². The Kier molecular flexibility index (Phi) is 8.36.